The summed E-state index contributed by atoms with van der Waals surface area (Å²) in [5.41, 5.74) is 0. The van der Waals surface area contributed by atoms with Crippen molar-refractivity contribution in [2.24, 2.45) is 0 Å². The van der Waals surface area contributed by atoms with Crippen LogP contribution in [0.5, 0.6) is 0 Å². The van der Waals surface area contributed by atoms with Crippen LogP contribution in [-0.2, 0) is 14.4 Å². The van der Waals surface area contributed by atoms with Gasteiger partial charge >= 0.3 is 0 Å². The second-order valence-electron chi connectivity index (χ2n) is 5.40. The Morgan fingerprint density at radius 1 is 1.25 bits per heavy atom. The van der Waals surface area contributed by atoms with Gasteiger partial charge in [0.25, 0.3) is 0 Å². The molecule has 1 unspecified atom stereocenters. The average Bonchev–Trinajstić information content (AvgIpc) is 2.99. The minimum atomic E-state index is -0.394. The van der Waals surface area contributed by atoms with Gasteiger partial charge in [-0.1, -0.05) is 0 Å². The second-order valence-corrected chi connectivity index (χ2v) is 5.40. The molecule has 0 aliphatic carbocycles. The number of likely N-dealkylation sites (tertiary alicyclic amines) is 2. The van der Waals surface area contributed by atoms with E-state index in [0.717, 1.165) is 25.9 Å². The first-order valence-electron chi connectivity index (χ1n) is 7.08. The van der Waals surface area contributed by atoms with E-state index < -0.39 is 5.91 Å². The summed E-state index contributed by atoms with van der Waals surface area (Å²) in [6, 6.07) is 0.417. The number of hydrogen-bond acceptors (Lipinski definition) is 5. The highest BCUT2D eigenvalue weighted by Gasteiger charge is 2.25. The average molecular weight is 282 g/mol. The van der Waals surface area contributed by atoms with E-state index in [1.54, 1.807) is 0 Å². The van der Waals surface area contributed by atoms with Crippen LogP contribution in [0.4, 0.5) is 0 Å². The van der Waals surface area contributed by atoms with E-state index in [2.05, 4.69) is 10.6 Å². The molecular weight excluding hydrogens is 260 g/mol. The van der Waals surface area contributed by atoms with Gasteiger partial charge in [-0.3, -0.25) is 24.6 Å². The zero-order valence-corrected chi connectivity index (χ0v) is 11.9. The lowest BCUT2D eigenvalue weighted by Gasteiger charge is -2.17. The Hall–Kier alpha value is -1.47. The highest BCUT2D eigenvalue weighted by atomic mass is 16.2. The number of imide groups is 1. The fourth-order valence-corrected chi connectivity index (χ4v) is 2.69. The summed E-state index contributed by atoms with van der Waals surface area (Å²) in [4.78, 5) is 38.4. The molecule has 0 radical (unpaired) electrons. The number of amides is 3. The Balaban J connectivity index is 1.69. The number of rotatable bonds is 5. The molecule has 7 heteroatoms. The second kappa shape index (κ2) is 6.81. The van der Waals surface area contributed by atoms with E-state index in [1.807, 2.05) is 11.9 Å². The van der Waals surface area contributed by atoms with Crippen molar-refractivity contribution >= 4 is 17.7 Å². The van der Waals surface area contributed by atoms with Gasteiger partial charge in [0.15, 0.2) is 0 Å². The monoisotopic (exact) mass is 282 g/mol. The van der Waals surface area contributed by atoms with Crippen LogP contribution in [0.1, 0.15) is 19.3 Å². The molecule has 2 rings (SSSR count). The highest BCUT2D eigenvalue weighted by molar-refractivity contribution is 5.98. The summed E-state index contributed by atoms with van der Waals surface area (Å²) in [6.45, 7) is 2.51. The van der Waals surface area contributed by atoms with Crippen LogP contribution < -0.4 is 10.6 Å². The molecule has 0 spiro atoms. The van der Waals surface area contributed by atoms with Gasteiger partial charge in [-0.2, -0.15) is 0 Å². The van der Waals surface area contributed by atoms with Gasteiger partial charge in [-0.05, 0) is 19.9 Å². The van der Waals surface area contributed by atoms with E-state index in [4.69, 9.17) is 0 Å². The summed E-state index contributed by atoms with van der Waals surface area (Å²) in [7, 11) is 1.91. The van der Waals surface area contributed by atoms with Gasteiger partial charge in [0, 0.05) is 32.1 Å². The lowest BCUT2D eigenvalue weighted by Crippen LogP contribution is -2.44. The number of nitrogens with zero attached hydrogens (tertiary/aromatic N) is 2. The maximum absolute atomic E-state index is 11.8. The Morgan fingerprint density at radius 3 is 2.60 bits per heavy atom. The minimum absolute atomic E-state index is 0.0102. The molecule has 0 saturated carbocycles. The molecule has 0 aromatic heterocycles. The lowest BCUT2D eigenvalue weighted by atomic mass is 10.3. The third-order valence-corrected chi connectivity index (χ3v) is 3.83. The van der Waals surface area contributed by atoms with Gasteiger partial charge in [0.2, 0.25) is 17.7 Å². The number of likely N-dealkylation sites (N-methyl/N-ethyl adjacent to an activating group) is 1. The summed E-state index contributed by atoms with van der Waals surface area (Å²) in [5.74, 6) is -0.697. The smallest absolute Gasteiger partial charge is 0.246 e. The predicted octanol–water partition coefficient (Wildman–Crippen LogP) is -1.45. The minimum Gasteiger partial charge on any atom is -0.333 e. The Morgan fingerprint density at radius 2 is 2.00 bits per heavy atom. The molecule has 2 N–H and O–H groups in total. The largest absolute Gasteiger partial charge is 0.333 e. The first-order valence-corrected chi connectivity index (χ1v) is 7.08. The van der Waals surface area contributed by atoms with Crippen LogP contribution in [-0.4, -0.2) is 73.3 Å². The maximum Gasteiger partial charge on any atom is 0.246 e. The van der Waals surface area contributed by atoms with Crippen molar-refractivity contribution in [1.29, 1.82) is 0 Å². The molecule has 20 heavy (non-hydrogen) atoms. The molecule has 1 atom stereocenters. The summed E-state index contributed by atoms with van der Waals surface area (Å²) >= 11 is 0. The number of carbonyl (C=O) groups is 3. The molecule has 0 aromatic carbocycles. The third kappa shape index (κ3) is 4.01. The Labute approximate surface area is 118 Å². The van der Waals surface area contributed by atoms with Gasteiger partial charge < -0.3 is 10.2 Å². The highest BCUT2D eigenvalue weighted by Crippen LogP contribution is 2.09. The maximum atomic E-state index is 11.8. The Kier molecular flexibility index (Phi) is 5.08. The number of carbonyl (C=O) groups excluding carboxylic acids is 3. The van der Waals surface area contributed by atoms with Crippen LogP contribution in [0.15, 0.2) is 0 Å². The molecule has 0 bridgehead atoms. The summed E-state index contributed by atoms with van der Waals surface area (Å²) in [6.07, 6.45) is 2.31. The van der Waals surface area contributed by atoms with Gasteiger partial charge in [-0.15, -0.1) is 0 Å². The van der Waals surface area contributed by atoms with Gasteiger partial charge in [0.1, 0.15) is 0 Å². The van der Waals surface area contributed by atoms with E-state index in [0.29, 0.717) is 19.0 Å². The Bertz CT molecular complexity index is 399. The molecular formula is C13H22N4O3. The van der Waals surface area contributed by atoms with Crippen LogP contribution in [0, 0.1) is 0 Å². The molecule has 0 aromatic rings. The molecule has 7 nitrogen and oxygen atoms in total. The third-order valence-electron chi connectivity index (χ3n) is 3.83. The van der Waals surface area contributed by atoms with Crippen LogP contribution in [0.2, 0.25) is 0 Å². The first-order chi connectivity index (χ1) is 9.58. The molecule has 2 aliphatic rings. The fraction of sp³-hybridized carbons (Fsp3) is 0.769. The number of hydrogen-bond donors (Lipinski definition) is 2. The van der Waals surface area contributed by atoms with Crippen LogP contribution in [0.25, 0.3) is 0 Å². The number of nitrogens with one attached hydrogen (secondary N) is 2. The van der Waals surface area contributed by atoms with E-state index >= 15 is 0 Å². The summed E-state index contributed by atoms with van der Waals surface area (Å²) < 4.78 is 0. The van der Waals surface area contributed by atoms with Gasteiger partial charge in [-0.25, -0.2) is 0 Å². The fourth-order valence-electron chi connectivity index (χ4n) is 2.69. The van der Waals surface area contributed by atoms with Gasteiger partial charge in [0.05, 0.1) is 13.1 Å². The normalized spacial score (nSPS) is 23.4. The van der Waals surface area contributed by atoms with Crippen molar-refractivity contribution in [1.82, 2.24) is 20.4 Å². The van der Waals surface area contributed by atoms with E-state index in [1.165, 1.54) is 4.90 Å². The molecule has 3 amide bonds. The van der Waals surface area contributed by atoms with Crippen molar-refractivity contribution in [2.45, 2.75) is 25.3 Å². The zero-order valence-electron chi connectivity index (χ0n) is 11.9. The van der Waals surface area contributed by atoms with E-state index in [9.17, 15) is 14.4 Å². The topological polar surface area (TPSA) is 81.8 Å². The molecule has 2 aliphatic heterocycles. The van der Waals surface area contributed by atoms with E-state index in [-0.39, 0.29) is 24.9 Å². The van der Waals surface area contributed by atoms with Crippen molar-refractivity contribution in [3.05, 3.63) is 0 Å². The molecule has 2 saturated heterocycles. The SMILES string of the molecule is CNC1CCN(CC(=O)NC(=O)CN2CCCC2=O)C1. The molecule has 2 fully saturated rings. The lowest BCUT2D eigenvalue weighted by molar-refractivity contribution is -0.136. The van der Waals surface area contributed by atoms with Crippen molar-refractivity contribution in [2.75, 3.05) is 39.8 Å². The standard InChI is InChI=1S/C13H22N4O3/c1-14-10-4-6-16(7-10)8-11(18)15-12(19)9-17-5-2-3-13(17)20/h10,14H,2-9H2,1H3,(H,15,18,19). The van der Waals surface area contributed by atoms with Crippen LogP contribution in [0.3, 0.4) is 0 Å². The quantitative estimate of drug-likeness (QED) is 0.644. The molecule has 2 heterocycles. The van der Waals surface area contributed by atoms with Crippen molar-refractivity contribution in [3.8, 4) is 0 Å². The van der Waals surface area contributed by atoms with Crippen molar-refractivity contribution in [3.63, 3.8) is 0 Å². The predicted molar refractivity (Wildman–Crippen MR) is 72.9 cm³/mol. The van der Waals surface area contributed by atoms with Crippen molar-refractivity contribution < 1.29 is 14.4 Å². The zero-order chi connectivity index (χ0) is 14.5. The first kappa shape index (κ1) is 14.9. The van der Waals surface area contributed by atoms with Crippen LogP contribution >= 0.6 is 0 Å². The molecule has 112 valence electrons. The summed E-state index contributed by atoms with van der Waals surface area (Å²) in [5, 5.41) is 5.53.